The van der Waals surface area contributed by atoms with Gasteiger partial charge < -0.3 is 23.5 Å². The third-order valence-corrected chi connectivity index (χ3v) is 12.1. The zero-order chi connectivity index (χ0) is 34.6. The number of ether oxygens (including phenoxy) is 4. The van der Waals surface area contributed by atoms with E-state index in [9.17, 15) is 14.2 Å². The van der Waals surface area contributed by atoms with Crippen LogP contribution in [-0.2, 0) is 17.4 Å². The average Bonchev–Trinajstić information content (AvgIpc) is 3.64. The number of anilines is 2. The molecule has 0 spiro atoms. The normalized spacial score (nSPS) is 18.3. The predicted molar refractivity (Wildman–Crippen MR) is 193 cm³/mol. The highest BCUT2D eigenvalue weighted by Gasteiger charge is 2.38. The number of hydrogen-bond acceptors (Lipinski definition) is 9. The van der Waals surface area contributed by atoms with Crippen LogP contribution in [0.15, 0.2) is 82.8 Å². The van der Waals surface area contributed by atoms with Crippen molar-refractivity contribution >= 4 is 54.1 Å². The molecule has 50 heavy (non-hydrogen) atoms. The number of carbonyl (C=O) groups excluding carboxylic acids is 2. The lowest BCUT2D eigenvalue weighted by Gasteiger charge is -2.23. The lowest BCUT2D eigenvalue weighted by atomic mass is 10.1. The summed E-state index contributed by atoms with van der Waals surface area (Å²) in [5.74, 6) is 0.973. The molecule has 4 aromatic carbocycles. The Kier molecular flexibility index (Phi) is 7.95. The molecule has 8 rings (SSSR count). The van der Waals surface area contributed by atoms with Crippen LogP contribution < -0.4 is 28.7 Å². The predicted octanol–water partition coefficient (Wildman–Crippen LogP) is 7.03. The number of benzene rings is 4. The molecule has 11 nitrogen and oxygen atoms in total. The van der Waals surface area contributed by atoms with E-state index >= 15 is 0 Å². The number of methoxy groups -OCH3 is 2. The second kappa shape index (κ2) is 12.5. The van der Waals surface area contributed by atoms with Crippen molar-refractivity contribution in [2.24, 2.45) is 9.98 Å². The largest absolute Gasteiger partial charge is 0.493 e. The van der Waals surface area contributed by atoms with Crippen LogP contribution in [0.5, 0.6) is 23.0 Å². The van der Waals surface area contributed by atoms with E-state index in [1.807, 2.05) is 55.5 Å². The lowest BCUT2D eigenvalue weighted by Crippen LogP contribution is -2.37. The highest BCUT2D eigenvalue weighted by molar-refractivity contribution is 7.63. The Morgan fingerprint density at radius 2 is 1.12 bits per heavy atom. The fourth-order valence-corrected chi connectivity index (χ4v) is 8.16. The Morgan fingerprint density at radius 3 is 1.54 bits per heavy atom. The second-order valence-corrected chi connectivity index (χ2v) is 15.9. The maximum atomic E-state index is 14.1. The molecule has 4 heterocycles. The SMILES string of the molecule is CCP(=O)(COc1cc2c(cc1OC)C(=O)N1c3ccccc3C[C@H]1C=N2)COc1cc2c(cc1OC)C(=O)N1c3ccccc3C[C@H]1C=N2. The van der Waals surface area contributed by atoms with Crippen molar-refractivity contribution in [1.29, 1.82) is 0 Å². The zero-order valence-electron chi connectivity index (χ0n) is 27.9. The minimum atomic E-state index is -3.08. The Bertz CT molecular complexity index is 2020. The minimum absolute atomic E-state index is 0.140. The van der Waals surface area contributed by atoms with E-state index in [1.54, 1.807) is 46.5 Å². The summed E-state index contributed by atoms with van der Waals surface area (Å²) in [6, 6.07) is 21.9. The monoisotopic (exact) mass is 690 g/mol. The first-order chi connectivity index (χ1) is 24.3. The first-order valence-electron chi connectivity index (χ1n) is 16.5. The van der Waals surface area contributed by atoms with Crippen molar-refractivity contribution in [3.8, 4) is 23.0 Å². The van der Waals surface area contributed by atoms with Crippen LogP contribution in [0, 0.1) is 0 Å². The van der Waals surface area contributed by atoms with Crippen molar-refractivity contribution in [3.63, 3.8) is 0 Å². The van der Waals surface area contributed by atoms with Crippen LogP contribution >= 0.6 is 7.14 Å². The van der Waals surface area contributed by atoms with Gasteiger partial charge in [0.1, 0.15) is 12.7 Å². The number of rotatable bonds is 9. The summed E-state index contributed by atoms with van der Waals surface area (Å²) >= 11 is 0. The van der Waals surface area contributed by atoms with Gasteiger partial charge in [0.2, 0.25) is 0 Å². The summed E-state index contributed by atoms with van der Waals surface area (Å²) in [5.41, 5.74) is 5.65. The molecular formula is C38H35N4O7P. The molecule has 0 radical (unpaired) electrons. The number of amides is 2. The molecule has 4 aliphatic rings. The van der Waals surface area contributed by atoms with Gasteiger partial charge >= 0.3 is 0 Å². The van der Waals surface area contributed by atoms with Gasteiger partial charge in [0.15, 0.2) is 30.1 Å². The molecule has 254 valence electrons. The molecule has 0 saturated carbocycles. The maximum Gasteiger partial charge on any atom is 0.261 e. The van der Waals surface area contributed by atoms with Crippen LogP contribution in [0.2, 0.25) is 0 Å². The first-order valence-corrected chi connectivity index (χ1v) is 18.7. The summed E-state index contributed by atoms with van der Waals surface area (Å²) in [4.78, 5) is 40.4. The molecule has 0 unspecified atom stereocenters. The molecule has 0 N–H and O–H groups in total. The van der Waals surface area contributed by atoms with E-state index in [-0.39, 0.29) is 36.6 Å². The zero-order valence-corrected chi connectivity index (χ0v) is 28.8. The number of nitrogens with zero attached hydrogens (tertiary/aromatic N) is 4. The second-order valence-electron chi connectivity index (χ2n) is 12.7. The van der Waals surface area contributed by atoms with Gasteiger partial charge in [-0.15, -0.1) is 0 Å². The van der Waals surface area contributed by atoms with Crippen LogP contribution in [0.25, 0.3) is 0 Å². The van der Waals surface area contributed by atoms with Crippen molar-refractivity contribution in [3.05, 3.63) is 95.1 Å². The van der Waals surface area contributed by atoms with Crippen molar-refractivity contribution in [2.45, 2.75) is 31.8 Å². The molecule has 12 heteroatoms. The van der Waals surface area contributed by atoms with E-state index in [0.29, 0.717) is 64.5 Å². The van der Waals surface area contributed by atoms with Crippen LogP contribution in [-0.4, -0.2) is 69.4 Å². The fraction of sp³-hybridized carbons (Fsp3) is 0.263. The Balaban J connectivity index is 1.01. The summed E-state index contributed by atoms with van der Waals surface area (Å²) in [6.45, 7) is 1.82. The summed E-state index contributed by atoms with van der Waals surface area (Å²) in [6.07, 6.45) is 4.97. The molecule has 0 aromatic heterocycles. The summed E-state index contributed by atoms with van der Waals surface area (Å²) in [7, 11) is -0.0843. The summed E-state index contributed by atoms with van der Waals surface area (Å²) < 4.78 is 37.6. The highest BCUT2D eigenvalue weighted by atomic mass is 31.2. The van der Waals surface area contributed by atoms with Gasteiger partial charge in [-0.3, -0.25) is 29.4 Å². The number of hydrogen-bond donors (Lipinski definition) is 0. The van der Waals surface area contributed by atoms with Gasteiger partial charge in [-0.1, -0.05) is 43.3 Å². The molecule has 0 fully saturated rings. The van der Waals surface area contributed by atoms with Crippen molar-refractivity contribution in [1.82, 2.24) is 0 Å². The van der Waals surface area contributed by atoms with Gasteiger partial charge in [0.25, 0.3) is 11.8 Å². The fourth-order valence-electron chi connectivity index (χ4n) is 6.97. The maximum absolute atomic E-state index is 14.1. The Morgan fingerprint density at radius 1 is 0.680 bits per heavy atom. The van der Waals surface area contributed by atoms with Crippen LogP contribution in [0.1, 0.15) is 38.8 Å². The highest BCUT2D eigenvalue weighted by Crippen LogP contribution is 2.49. The van der Waals surface area contributed by atoms with Crippen molar-refractivity contribution < 1.29 is 33.1 Å². The molecule has 0 bridgehead atoms. The first kappa shape index (κ1) is 31.8. The van der Waals surface area contributed by atoms with Crippen molar-refractivity contribution in [2.75, 3.05) is 42.9 Å². The smallest absolute Gasteiger partial charge is 0.261 e. The van der Waals surface area contributed by atoms with Gasteiger partial charge in [0.05, 0.1) is 48.8 Å². The number of aliphatic imine (C=N–C) groups is 2. The Labute approximate surface area is 289 Å². The number of para-hydroxylation sites is 2. The van der Waals surface area contributed by atoms with E-state index in [4.69, 9.17) is 18.9 Å². The third-order valence-electron chi connectivity index (χ3n) is 9.74. The van der Waals surface area contributed by atoms with E-state index < -0.39 is 7.14 Å². The minimum Gasteiger partial charge on any atom is -0.493 e. The summed E-state index contributed by atoms with van der Waals surface area (Å²) in [5, 5.41) is 0. The van der Waals surface area contributed by atoms with Crippen LogP contribution in [0.3, 0.4) is 0 Å². The third kappa shape index (κ3) is 5.33. The molecular weight excluding hydrogens is 655 g/mol. The van der Waals surface area contributed by atoms with E-state index in [1.165, 1.54) is 14.2 Å². The quantitative estimate of drug-likeness (QED) is 0.173. The van der Waals surface area contributed by atoms with Gasteiger partial charge in [-0.2, -0.15) is 0 Å². The molecule has 2 atom stereocenters. The topological polar surface area (TPSA) is 119 Å². The molecule has 0 saturated heterocycles. The average molecular weight is 691 g/mol. The van der Waals surface area contributed by atoms with E-state index in [0.717, 1.165) is 22.5 Å². The lowest BCUT2D eigenvalue weighted by molar-refractivity contribution is 0.0978. The Hall–Kier alpha value is -5.41. The number of fused-ring (bicyclic) bond motifs is 8. The van der Waals surface area contributed by atoms with Gasteiger partial charge in [-0.05, 0) is 35.4 Å². The number of carbonyl (C=O) groups is 2. The molecule has 2 amide bonds. The molecule has 4 aromatic rings. The molecule has 4 aliphatic heterocycles. The van der Waals surface area contributed by atoms with Gasteiger partial charge in [-0.25, -0.2) is 0 Å². The molecule has 0 aliphatic carbocycles. The van der Waals surface area contributed by atoms with Crippen LogP contribution in [0.4, 0.5) is 22.7 Å². The van der Waals surface area contributed by atoms with E-state index in [2.05, 4.69) is 9.98 Å². The van der Waals surface area contributed by atoms with Gasteiger partial charge in [0, 0.05) is 54.9 Å². The standard InChI is InChI=1S/C38H35N4O7P/c1-4-50(45,21-48-35-17-29-27(15-33(35)46-2)37(43)41-25(19-39-29)13-23-9-5-7-11-31(23)41)22-49-36-18-30-28(16-34(36)47-3)38(44)42-26(20-40-30)14-24-10-6-8-12-32(24)42/h5-12,15-20,25-26H,4,13-14,21-22H2,1-3H3/t25-,26-/m0/s1.